The highest BCUT2D eigenvalue weighted by Crippen LogP contribution is 2.34. The first-order valence-corrected chi connectivity index (χ1v) is 16.5. The maximum absolute atomic E-state index is 13.8. The lowest BCUT2D eigenvalue weighted by molar-refractivity contribution is -0.136. The van der Waals surface area contributed by atoms with Crippen LogP contribution < -0.4 is 0 Å². The molecule has 14 heteroatoms. The van der Waals surface area contributed by atoms with Crippen molar-refractivity contribution in [1.29, 1.82) is 0 Å². The number of sulfonamides is 1. The molecule has 2 saturated heterocycles. The minimum absolute atomic E-state index is 0.00173. The van der Waals surface area contributed by atoms with Gasteiger partial charge in [0, 0.05) is 67.5 Å². The lowest BCUT2D eigenvalue weighted by Gasteiger charge is -2.41. The Kier molecular flexibility index (Phi) is 8.07. The summed E-state index contributed by atoms with van der Waals surface area (Å²) in [6, 6.07) is 9.95. The first-order chi connectivity index (χ1) is 19.8. The van der Waals surface area contributed by atoms with Gasteiger partial charge in [0.2, 0.25) is 5.91 Å². The monoisotopic (exact) mass is 631 g/mol. The molecule has 214 valence electrons. The number of piperazine rings is 1. The van der Waals surface area contributed by atoms with Crippen molar-refractivity contribution in [2.24, 2.45) is 0 Å². The van der Waals surface area contributed by atoms with E-state index in [-0.39, 0.29) is 42.1 Å². The highest BCUT2D eigenvalue weighted by Gasteiger charge is 2.39. The van der Waals surface area contributed by atoms with Crippen molar-refractivity contribution in [2.75, 3.05) is 45.9 Å². The lowest BCUT2D eigenvalue weighted by Crippen LogP contribution is -2.58. The molecule has 4 aromatic rings. The highest BCUT2D eigenvalue weighted by atomic mass is 35.5. The molecule has 0 saturated carbocycles. The quantitative estimate of drug-likeness (QED) is 0.318. The van der Waals surface area contributed by atoms with Gasteiger partial charge in [0.25, 0.3) is 15.9 Å². The summed E-state index contributed by atoms with van der Waals surface area (Å²) in [5.41, 5.74) is 0.899. The largest absolute Gasteiger partial charge is 0.378 e. The van der Waals surface area contributed by atoms with E-state index in [0.29, 0.717) is 36.3 Å². The topological polar surface area (TPSA) is 113 Å². The first kappa shape index (κ1) is 28.2. The fraction of sp³-hybridized carbons (Fsp3) is 0.333. The zero-order valence-corrected chi connectivity index (χ0v) is 25.0. The molecule has 6 rings (SSSR count). The average Bonchev–Trinajstić information content (AvgIpc) is 3.66. The molecule has 1 aromatic carbocycles. The molecule has 0 spiro atoms. The standard InChI is InChI=1S/C27H26ClN5O5S3/c28-20-2-1-19-13-25(39-22(19)14-20)41(36,37)32-7-8-33(21(17-32)15-24(34)31-9-11-38-12-10-31)27(35)26-30-16-23(40-26)18-3-5-29-6-4-18/h1-6,13-14,16,21H,7-12,15,17H2. The lowest BCUT2D eigenvalue weighted by atomic mass is 10.1. The Morgan fingerprint density at radius 2 is 1.80 bits per heavy atom. The van der Waals surface area contributed by atoms with Crippen LogP contribution >= 0.6 is 34.3 Å². The van der Waals surface area contributed by atoms with Gasteiger partial charge >= 0.3 is 0 Å². The zero-order chi connectivity index (χ0) is 28.6. The number of thiophene rings is 1. The van der Waals surface area contributed by atoms with Gasteiger partial charge in [-0.05, 0) is 41.3 Å². The van der Waals surface area contributed by atoms with Crippen LogP contribution in [-0.2, 0) is 19.6 Å². The third kappa shape index (κ3) is 5.87. The van der Waals surface area contributed by atoms with E-state index in [0.717, 1.165) is 31.9 Å². The van der Waals surface area contributed by atoms with Crippen LogP contribution in [0.2, 0.25) is 5.02 Å². The van der Waals surface area contributed by atoms with Gasteiger partial charge in [-0.15, -0.1) is 22.7 Å². The molecule has 5 heterocycles. The van der Waals surface area contributed by atoms with Crippen LogP contribution in [0.25, 0.3) is 20.5 Å². The molecule has 41 heavy (non-hydrogen) atoms. The van der Waals surface area contributed by atoms with E-state index in [9.17, 15) is 18.0 Å². The second-order valence-electron chi connectivity index (χ2n) is 9.73. The Hall–Kier alpha value is -2.94. The molecule has 0 radical (unpaired) electrons. The van der Waals surface area contributed by atoms with Gasteiger partial charge in [-0.3, -0.25) is 14.6 Å². The van der Waals surface area contributed by atoms with Crippen LogP contribution in [0, 0.1) is 0 Å². The number of carbonyl (C=O) groups is 2. The Balaban J connectivity index is 1.26. The molecule has 0 aliphatic carbocycles. The summed E-state index contributed by atoms with van der Waals surface area (Å²) >= 11 is 8.53. The summed E-state index contributed by atoms with van der Waals surface area (Å²) in [6.45, 7) is 2.08. The van der Waals surface area contributed by atoms with Crippen molar-refractivity contribution in [3.8, 4) is 10.4 Å². The number of hydrogen-bond donors (Lipinski definition) is 0. The van der Waals surface area contributed by atoms with Gasteiger partial charge in [-0.1, -0.05) is 17.7 Å². The number of pyridine rings is 1. The van der Waals surface area contributed by atoms with E-state index >= 15 is 0 Å². The molecule has 2 amide bonds. The van der Waals surface area contributed by atoms with Crippen LogP contribution in [0.1, 0.15) is 16.2 Å². The molecule has 3 aromatic heterocycles. The summed E-state index contributed by atoms with van der Waals surface area (Å²) < 4.78 is 35.2. The molecular weight excluding hydrogens is 606 g/mol. The van der Waals surface area contributed by atoms with E-state index in [1.807, 2.05) is 12.1 Å². The Labute approximate surface area is 250 Å². The maximum atomic E-state index is 13.8. The van der Waals surface area contributed by atoms with Crippen molar-refractivity contribution >= 4 is 66.2 Å². The number of aromatic nitrogens is 2. The van der Waals surface area contributed by atoms with Crippen LogP contribution in [0.4, 0.5) is 0 Å². The maximum Gasteiger partial charge on any atom is 0.283 e. The number of fused-ring (bicyclic) bond motifs is 1. The molecule has 0 N–H and O–H groups in total. The van der Waals surface area contributed by atoms with E-state index < -0.39 is 16.1 Å². The van der Waals surface area contributed by atoms with Gasteiger partial charge in [-0.2, -0.15) is 4.31 Å². The number of amides is 2. The highest BCUT2D eigenvalue weighted by molar-refractivity contribution is 7.91. The number of benzene rings is 1. The van der Waals surface area contributed by atoms with Crippen molar-refractivity contribution in [1.82, 2.24) is 24.1 Å². The first-order valence-electron chi connectivity index (χ1n) is 13.0. The predicted octanol–water partition coefficient (Wildman–Crippen LogP) is 3.84. The second kappa shape index (κ2) is 11.7. The zero-order valence-electron chi connectivity index (χ0n) is 21.8. The van der Waals surface area contributed by atoms with Crippen LogP contribution in [0.5, 0.6) is 0 Å². The van der Waals surface area contributed by atoms with E-state index in [2.05, 4.69) is 9.97 Å². The normalized spacial score (nSPS) is 18.6. The van der Waals surface area contributed by atoms with Gasteiger partial charge in [-0.25, -0.2) is 13.4 Å². The van der Waals surface area contributed by atoms with Crippen molar-refractivity contribution in [3.05, 3.63) is 65.0 Å². The summed E-state index contributed by atoms with van der Waals surface area (Å²) in [6.07, 6.45) is 5.00. The fourth-order valence-corrected chi connectivity index (χ4v) is 9.19. The minimum Gasteiger partial charge on any atom is -0.378 e. The number of nitrogens with zero attached hydrogens (tertiary/aromatic N) is 5. The molecule has 2 aliphatic heterocycles. The fourth-order valence-electron chi connectivity index (χ4n) is 5.01. The van der Waals surface area contributed by atoms with Gasteiger partial charge in [0.15, 0.2) is 5.01 Å². The van der Waals surface area contributed by atoms with Crippen molar-refractivity contribution < 1.29 is 22.7 Å². The number of carbonyl (C=O) groups excluding carboxylic acids is 2. The molecular formula is C27H26ClN5O5S3. The van der Waals surface area contributed by atoms with Crippen LogP contribution in [0.15, 0.2) is 59.2 Å². The summed E-state index contributed by atoms with van der Waals surface area (Å²) in [4.78, 5) is 39.5. The third-order valence-corrected chi connectivity index (χ3v) is 11.9. The van der Waals surface area contributed by atoms with Crippen LogP contribution in [-0.4, -0.2) is 96.3 Å². The van der Waals surface area contributed by atoms with Crippen LogP contribution in [0.3, 0.4) is 0 Å². The Morgan fingerprint density at radius 3 is 2.59 bits per heavy atom. The minimum atomic E-state index is -3.87. The van der Waals surface area contributed by atoms with Crippen molar-refractivity contribution in [3.63, 3.8) is 0 Å². The van der Waals surface area contributed by atoms with Gasteiger partial charge in [0.05, 0.1) is 24.1 Å². The number of rotatable bonds is 6. The molecule has 10 nitrogen and oxygen atoms in total. The van der Waals surface area contributed by atoms with E-state index in [1.54, 1.807) is 52.7 Å². The number of thiazole rings is 1. The Bertz CT molecular complexity index is 1690. The molecule has 0 bridgehead atoms. The SMILES string of the molecule is O=C(CC1CN(S(=O)(=O)c2cc3ccc(Cl)cc3s2)CCN1C(=O)c1ncc(-c2ccncc2)s1)N1CCOCC1. The third-order valence-electron chi connectivity index (χ3n) is 7.19. The summed E-state index contributed by atoms with van der Waals surface area (Å²) in [7, 11) is -3.87. The smallest absolute Gasteiger partial charge is 0.283 e. The second-order valence-corrected chi connectivity index (χ2v) is 14.4. The average molecular weight is 632 g/mol. The van der Waals surface area contributed by atoms with Gasteiger partial charge < -0.3 is 14.5 Å². The molecule has 1 atom stereocenters. The molecule has 2 aliphatic rings. The number of morpholine rings is 1. The molecule has 1 unspecified atom stereocenters. The predicted molar refractivity (Wildman–Crippen MR) is 158 cm³/mol. The Morgan fingerprint density at radius 1 is 1.02 bits per heavy atom. The number of ether oxygens (including phenoxy) is 1. The summed E-state index contributed by atoms with van der Waals surface area (Å²) in [5.74, 6) is -0.452. The van der Waals surface area contributed by atoms with Crippen molar-refractivity contribution in [2.45, 2.75) is 16.7 Å². The van der Waals surface area contributed by atoms with Gasteiger partial charge in [0.1, 0.15) is 4.21 Å². The van der Waals surface area contributed by atoms with E-state index in [1.165, 1.54) is 15.6 Å². The molecule has 2 fully saturated rings. The van der Waals surface area contributed by atoms with E-state index in [4.69, 9.17) is 16.3 Å². The number of hydrogen-bond acceptors (Lipinski definition) is 9. The summed E-state index contributed by atoms with van der Waals surface area (Å²) in [5, 5.41) is 1.62. The number of halogens is 1.